The number of hydrogen-bond acceptors (Lipinski definition) is 7. The van der Waals surface area contributed by atoms with Gasteiger partial charge in [0, 0.05) is 42.3 Å². The number of ether oxygens (including phenoxy) is 1. The van der Waals surface area contributed by atoms with E-state index in [1.54, 1.807) is 65.1 Å². The van der Waals surface area contributed by atoms with E-state index in [9.17, 15) is 18.0 Å². The second-order valence-corrected chi connectivity index (χ2v) is 13.6. The molecule has 4 aromatic heterocycles. The molecule has 2 atom stereocenters. The molecule has 1 saturated carbocycles. The lowest BCUT2D eigenvalue weighted by atomic mass is 10.0. The molecule has 0 saturated heterocycles. The molecular formula is C32H33N7O5S. The lowest BCUT2D eigenvalue weighted by Crippen LogP contribution is -2.33. The smallest absolute Gasteiger partial charge is 0.407 e. The number of alkyl carbamates (subject to hydrolysis) is 1. The average molecular weight is 628 g/mol. The van der Waals surface area contributed by atoms with Crippen molar-refractivity contribution in [3.8, 4) is 11.1 Å². The van der Waals surface area contributed by atoms with Crippen LogP contribution >= 0.6 is 0 Å². The van der Waals surface area contributed by atoms with Gasteiger partial charge in [-0.15, -0.1) is 0 Å². The largest absolute Gasteiger partial charge is 0.453 e. The van der Waals surface area contributed by atoms with Gasteiger partial charge in [0.2, 0.25) is 0 Å². The van der Waals surface area contributed by atoms with Gasteiger partial charge >= 0.3 is 11.8 Å². The fourth-order valence-electron chi connectivity index (χ4n) is 6.62. The number of nitrogens with zero attached hydrogens (tertiary/aromatic N) is 6. The topological polar surface area (TPSA) is 135 Å². The Morgan fingerprint density at radius 1 is 1.07 bits per heavy atom. The number of pyridine rings is 1. The number of fused-ring (bicyclic) bond motifs is 4. The van der Waals surface area contributed by atoms with Gasteiger partial charge in [-0.1, -0.05) is 24.3 Å². The summed E-state index contributed by atoms with van der Waals surface area (Å²) in [5.41, 5.74) is 3.54. The van der Waals surface area contributed by atoms with Gasteiger partial charge in [-0.3, -0.25) is 13.8 Å². The zero-order valence-electron chi connectivity index (χ0n) is 25.3. The summed E-state index contributed by atoms with van der Waals surface area (Å²) in [6.45, 7) is 4.13. The Kier molecular flexibility index (Phi) is 6.80. The second-order valence-electron chi connectivity index (χ2n) is 11.8. The quantitative estimate of drug-likeness (QED) is 0.275. The number of methoxy groups -OCH3 is 1. The zero-order valence-corrected chi connectivity index (χ0v) is 26.2. The van der Waals surface area contributed by atoms with Crippen molar-refractivity contribution in [3.63, 3.8) is 0 Å². The monoisotopic (exact) mass is 627 g/mol. The van der Waals surface area contributed by atoms with Crippen LogP contribution < -0.4 is 11.0 Å². The van der Waals surface area contributed by atoms with Crippen molar-refractivity contribution in [2.45, 2.75) is 56.1 Å². The summed E-state index contributed by atoms with van der Waals surface area (Å²) in [4.78, 5) is 30.6. The van der Waals surface area contributed by atoms with Gasteiger partial charge < -0.3 is 10.1 Å². The predicted octanol–water partition coefficient (Wildman–Crippen LogP) is 4.97. The molecule has 0 radical (unpaired) electrons. The molecule has 6 aromatic rings. The van der Waals surface area contributed by atoms with Crippen LogP contribution in [-0.4, -0.2) is 55.5 Å². The highest BCUT2D eigenvalue weighted by Crippen LogP contribution is 2.40. The number of carbonyl (C=O) groups is 1. The van der Waals surface area contributed by atoms with Crippen molar-refractivity contribution >= 4 is 49.1 Å². The molecule has 45 heavy (non-hydrogen) atoms. The first-order valence-electron chi connectivity index (χ1n) is 14.8. The number of aromatic nitrogens is 6. The molecule has 2 aromatic carbocycles. The van der Waals surface area contributed by atoms with Crippen LogP contribution in [0.1, 0.15) is 45.2 Å². The Hall–Kier alpha value is -4.91. The summed E-state index contributed by atoms with van der Waals surface area (Å²) in [7, 11) is -1.04. The first kappa shape index (κ1) is 28.8. The molecule has 4 heterocycles. The number of benzene rings is 2. The van der Waals surface area contributed by atoms with Crippen LogP contribution in [0.3, 0.4) is 0 Å². The lowest BCUT2D eigenvalue weighted by Gasteiger charge is -2.15. The highest BCUT2D eigenvalue weighted by atomic mass is 32.2. The van der Waals surface area contributed by atoms with Gasteiger partial charge in [0.05, 0.1) is 46.3 Å². The number of carbonyl (C=O) groups excluding carboxylic acids is 1. The van der Waals surface area contributed by atoms with Crippen molar-refractivity contribution < 1.29 is 17.9 Å². The van der Waals surface area contributed by atoms with E-state index in [4.69, 9.17) is 4.74 Å². The van der Waals surface area contributed by atoms with Crippen molar-refractivity contribution in [1.29, 1.82) is 0 Å². The van der Waals surface area contributed by atoms with E-state index in [0.717, 1.165) is 16.5 Å². The van der Waals surface area contributed by atoms with Crippen LogP contribution in [0.4, 0.5) is 4.79 Å². The van der Waals surface area contributed by atoms with Gasteiger partial charge in [0.1, 0.15) is 0 Å². The average Bonchev–Trinajstić information content (AvgIpc) is 3.81. The molecule has 1 aliphatic carbocycles. The normalized spacial score (nSPS) is 17.2. The summed E-state index contributed by atoms with van der Waals surface area (Å²) < 4.78 is 39.4. The van der Waals surface area contributed by atoms with Crippen molar-refractivity contribution in [1.82, 2.24) is 33.2 Å². The maximum absolute atomic E-state index is 14.1. The van der Waals surface area contributed by atoms with Crippen LogP contribution in [0.15, 0.2) is 76.8 Å². The van der Waals surface area contributed by atoms with E-state index >= 15 is 0 Å². The number of nitrogens with one attached hydrogen (secondary N) is 1. The van der Waals surface area contributed by atoms with Gasteiger partial charge in [0.25, 0.3) is 10.0 Å². The van der Waals surface area contributed by atoms with E-state index in [1.165, 1.54) is 11.1 Å². The van der Waals surface area contributed by atoms with E-state index in [0.29, 0.717) is 41.2 Å². The fraction of sp³-hybridized carbons (Fsp3) is 0.312. The van der Waals surface area contributed by atoms with Crippen molar-refractivity contribution in [2.75, 3.05) is 7.11 Å². The van der Waals surface area contributed by atoms with Crippen molar-refractivity contribution in [2.24, 2.45) is 7.05 Å². The molecule has 1 aliphatic rings. The third-order valence-electron chi connectivity index (χ3n) is 8.81. The Balaban J connectivity index is 1.51. The summed E-state index contributed by atoms with van der Waals surface area (Å²) >= 11 is 0. The molecule has 1 amide bonds. The first-order chi connectivity index (χ1) is 21.6. The van der Waals surface area contributed by atoms with E-state index in [-0.39, 0.29) is 34.4 Å². The SMILES string of the molecule is COC(=O)N[C@@H]1CC[C@@H](n2c(=O)n(C)c3cnc4c(c(-c5ccc6c(cnn6C(C)C)c5)cn4S(=O)(=O)c4ccccc4)c32)C1. The number of rotatable bonds is 6. The van der Waals surface area contributed by atoms with Crippen LogP contribution in [0.5, 0.6) is 0 Å². The third-order valence-corrected chi connectivity index (χ3v) is 10.5. The molecule has 12 nitrogen and oxygen atoms in total. The number of aryl methyl sites for hydroxylation is 1. The van der Waals surface area contributed by atoms with Gasteiger partial charge in [-0.25, -0.2) is 27.0 Å². The molecule has 0 spiro atoms. The molecule has 0 aliphatic heterocycles. The Morgan fingerprint density at radius 3 is 2.58 bits per heavy atom. The highest BCUT2D eigenvalue weighted by Gasteiger charge is 2.33. The van der Waals surface area contributed by atoms with Crippen LogP contribution in [0.2, 0.25) is 0 Å². The first-order valence-corrected chi connectivity index (χ1v) is 16.3. The lowest BCUT2D eigenvalue weighted by molar-refractivity contribution is 0.166. The zero-order chi connectivity index (χ0) is 31.6. The van der Waals surface area contributed by atoms with Crippen LogP contribution in [0.25, 0.3) is 44.1 Å². The molecule has 0 bridgehead atoms. The van der Waals surface area contributed by atoms with E-state index in [2.05, 4.69) is 29.2 Å². The molecule has 1 fully saturated rings. The van der Waals surface area contributed by atoms with Crippen LogP contribution in [-0.2, 0) is 21.8 Å². The molecule has 232 valence electrons. The molecule has 7 rings (SSSR count). The Bertz CT molecular complexity index is 2280. The summed E-state index contributed by atoms with van der Waals surface area (Å²) in [6, 6.07) is 13.9. The number of amides is 1. The second kappa shape index (κ2) is 10.6. The maximum atomic E-state index is 14.1. The Morgan fingerprint density at radius 2 is 1.84 bits per heavy atom. The molecule has 0 unspecified atom stereocenters. The standard InChI is InChI=1S/C32H33N7O5S/c1-19(2)39-26-13-10-20(14-21(26)16-34-39)25-18-37(45(42,43)24-8-6-5-7-9-24)30-28(25)29-27(17-33-30)36(3)32(41)38(29)23-12-11-22(15-23)35-31(40)44-4/h5-10,13-14,16-19,22-23H,11-12,15H2,1-4H3,(H,35,40)/t22-,23-/m1/s1. The predicted molar refractivity (Wildman–Crippen MR) is 171 cm³/mol. The van der Waals surface area contributed by atoms with Gasteiger partial charge in [-0.05, 0) is 62.9 Å². The van der Waals surface area contributed by atoms with E-state index < -0.39 is 16.1 Å². The van der Waals surface area contributed by atoms with Crippen molar-refractivity contribution in [3.05, 3.63) is 77.6 Å². The van der Waals surface area contributed by atoms with Gasteiger partial charge in [-0.2, -0.15) is 5.10 Å². The molecule has 1 N–H and O–H groups in total. The number of hydrogen-bond donors (Lipinski definition) is 1. The fourth-order valence-corrected chi connectivity index (χ4v) is 7.96. The summed E-state index contributed by atoms with van der Waals surface area (Å²) in [5.74, 6) is 0. The minimum absolute atomic E-state index is 0.127. The number of imidazole rings is 1. The summed E-state index contributed by atoms with van der Waals surface area (Å²) in [6.07, 6.45) is 6.30. The highest BCUT2D eigenvalue weighted by molar-refractivity contribution is 7.90. The minimum atomic E-state index is -4.05. The summed E-state index contributed by atoms with van der Waals surface area (Å²) in [5, 5.41) is 8.88. The maximum Gasteiger partial charge on any atom is 0.407 e. The van der Waals surface area contributed by atoms with Crippen LogP contribution in [0, 0.1) is 0 Å². The minimum Gasteiger partial charge on any atom is -0.453 e. The van der Waals surface area contributed by atoms with E-state index in [1.807, 2.05) is 22.9 Å². The third kappa shape index (κ3) is 4.52. The molecular weight excluding hydrogens is 594 g/mol. The van der Waals surface area contributed by atoms with Gasteiger partial charge in [0.15, 0.2) is 5.65 Å². The Labute approximate surface area is 258 Å². The molecule has 13 heteroatoms.